The molecule has 1 fully saturated rings. The molecule has 30 heavy (non-hydrogen) atoms. The zero-order valence-corrected chi connectivity index (χ0v) is 18.5. The molecule has 1 aliphatic rings. The van der Waals surface area contributed by atoms with Crippen LogP contribution in [0.2, 0.25) is 0 Å². The van der Waals surface area contributed by atoms with Gasteiger partial charge >= 0.3 is 0 Å². The van der Waals surface area contributed by atoms with Crippen LogP contribution >= 0.6 is 0 Å². The van der Waals surface area contributed by atoms with Crippen molar-refractivity contribution in [3.8, 4) is 0 Å². The Labute approximate surface area is 179 Å². The fourth-order valence-electron chi connectivity index (χ4n) is 3.60. The molecular formula is C23H30N2O4S. The zero-order valence-electron chi connectivity index (χ0n) is 17.7. The molecule has 1 saturated heterocycles. The van der Waals surface area contributed by atoms with Crippen molar-refractivity contribution in [1.82, 2.24) is 9.80 Å². The van der Waals surface area contributed by atoms with Gasteiger partial charge in [0.2, 0.25) is 0 Å². The number of hydrogen-bond acceptors (Lipinski definition) is 5. The zero-order chi connectivity index (χ0) is 21.6. The molecule has 1 amide bonds. The maximum absolute atomic E-state index is 13.4. The topological polar surface area (TPSA) is 66.9 Å². The van der Waals surface area contributed by atoms with Crippen LogP contribution in [0.3, 0.4) is 0 Å². The number of amides is 1. The number of ether oxygens (including phenoxy) is 1. The van der Waals surface area contributed by atoms with Gasteiger partial charge in [0.15, 0.2) is 9.84 Å². The van der Waals surface area contributed by atoms with Gasteiger partial charge in [0.05, 0.1) is 23.9 Å². The molecule has 1 unspecified atom stereocenters. The summed E-state index contributed by atoms with van der Waals surface area (Å²) >= 11 is 0. The summed E-state index contributed by atoms with van der Waals surface area (Å²) in [5.41, 5.74) is 1.56. The highest BCUT2D eigenvalue weighted by Crippen LogP contribution is 2.18. The molecule has 0 N–H and O–H groups in total. The van der Waals surface area contributed by atoms with Crippen LogP contribution in [0.1, 0.15) is 29.8 Å². The average Bonchev–Trinajstić information content (AvgIpc) is 2.78. The van der Waals surface area contributed by atoms with Crippen LogP contribution in [0.4, 0.5) is 0 Å². The average molecular weight is 431 g/mol. The minimum absolute atomic E-state index is 0.00476. The molecule has 162 valence electrons. The molecular weight excluding hydrogens is 400 g/mol. The van der Waals surface area contributed by atoms with Crippen molar-refractivity contribution >= 4 is 15.7 Å². The molecule has 0 aromatic heterocycles. The van der Waals surface area contributed by atoms with Crippen molar-refractivity contribution in [2.45, 2.75) is 31.3 Å². The van der Waals surface area contributed by atoms with Crippen LogP contribution in [-0.4, -0.2) is 68.8 Å². The number of sulfone groups is 1. The summed E-state index contributed by atoms with van der Waals surface area (Å²) in [7, 11) is -3.29. The molecule has 0 saturated carbocycles. The highest BCUT2D eigenvalue weighted by Gasteiger charge is 2.25. The Kier molecular flexibility index (Phi) is 7.64. The second-order valence-electron chi connectivity index (χ2n) is 7.61. The Hall–Kier alpha value is -2.22. The number of rotatable bonds is 8. The molecule has 2 aromatic rings. The quantitative estimate of drug-likeness (QED) is 0.644. The predicted molar refractivity (Wildman–Crippen MR) is 117 cm³/mol. The molecule has 0 spiro atoms. The van der Waals surface area contributed by atoms with E-state index in [1.54, 1.807) is 19.1 Å². The van der Waals surface area contributed by atoms with Crippen molar-refractivity contribution in [3.05, 3.63) is 65.7 Å². The van der Waals surface area contributed by atoms with Crippen LogP contribution in [-0.2, 0) is 21.1 Å². The van der Waals surface area contributed by atoms with Crippen molar-refractivity contribution in [3.63, 3.8) is 0 Å². The highest BCUT2D eigenvalue weighted by molar-refractivity contribution is 7.91. The second-order valence-corrected chi connectivity index (χ2v) is 9.89. The lowest BCUT2D eigenvalue weighted by Gasteiger charge is -2.35. The van der Waals surface area contributed by atoms with Gasteiger partial charge in [-0.1, -0.05) is 37.3 Å². The first kappa shape index (κ1) is 22.5. The minimum Gasteiger partial charge on any atom is -0.379 e. The summed E-state index contributed by atoms with van der Waals surface area (Å²) < 4.78 is 29.6. The number of carbonyl (C=O) groups is 1. The van der Waals surface area contributed by atoms with Crippen LogP contribution in [0.15, 0.2) is 59.5 Å². The van der Waals surface area contributed by atoms with Gasteiger partial charge in [-0.3, -0.25) is 9.69 Å². The highest BCUT2D eigenvalue weighted by atomic mass is 32.2. The van der Waals surface area contributed by atoms with Crippen molar-refractivity contribution in [2.24, 2.45) is 0 Å². The lowest BCUT2D eigenvalue weighted by molar-refractivity contribution is 0.0228. The predicted octanol–water partition coefficient (Wildman–Crippen LogP) is 2.84. The van der Waals surface area contributed by atoms with Gasteiger partial charge in [-0.2, -0.15) is 0 Å². The number of hydrogen-bond donors (Lipinski definition) is 0. The van der Waals surface area contributed by atoms with E-state index in [0.717, 1.165) is 25.2 Å². The first-order chi connectivity index (χ1) is 14.4. The summed E-state index contributed by atoms with van der Waals surface area (Å²) in [5.74, 6) is -0.0585. The molecule has 1 aliphatic heterocycles. The van der Waals surface area contributed by atoms with Crippen molar-refractivity contribution < 1.29 is 17.9 Å². The Morgan fingerprint density at radius 2 is 1.70 bits per heavy atom. The van der Waals surface area contributed by atoms with E-state index in [9.17, 15) is 13.2 Å². The molecule has 2 aromatic carbocycles. The number of morpholine rings is 1. The minimum atomic E-state index is -3.29. The first-order valence-electron chi connectivity index (χ1n) is 10.4. The van der Waals surface area contributed by atoms with E-state index in [4.69, 9.17) is 4.74 Å². The van der Waals surface area contributed by atoms with Crippen LogP contribution in [0.25, 0.3) is 0 Å². The first-order valence-corrected chi connectivity index (χ1v) is 12.0. The molecule has 0 bridgehead atoms. The van der Waals surface area contributed by atoms with Gasteiger partial charge in [-0.25, -0.2) is 8.42 Å². The fraction of sp³-hybridized carbons (Fsp3) is 0.435. The van der Waals surface area contributed by atoms with Gasteiger partial charge in [0, 0.05) is 37.8 Å². The van der Waals surface area contributed by atoms with Gasteiger partial charge in [-0.15, -0.1) is 0 Å². The molecule has 0 aliphatic carbocycles. The van der Waals surface area contributed by atoms with Gasteiger partial charge < -0.3 is 9.64 Å². The summed E-state index contributed by atoms with van der Waals surface area (Å²) in [6, 6.07) is 16.2. The normalized spacial score (nSPS) is 16.2. The lowest BCUT2D eigenvalue weighted by atomic mass is 10.1. The van der Waals surface area contributed by atoms with E-state index < -0.39 is 9.84 Å². The summed E-state index contributed by atoms with van der Waals surface area (Å²) in [6.45, 7) is 8.10. The number of nitrogens with zero attached hydrogens (tertiary/aromatic N) is 2. The van der Waals surface area contributed by atoms with E-state index in [2.05, 4.69) is 11.8 Å². The Morgan fingerprint density at radius 1 is 1.07 bits per heavy atom. The largest absolute Gasteiger partial charge is 0.379 e. The second kappa shape index (κ2) is 10.2. The molecule has 1 atom stereocenters. The van der Waals surface area contributed by atoms with Gasteiger partial charge in [0.25, 0.3) is 5.91 Å². The van der Waals surface area contributed by atoms with E-state index in [1.165, 1.54) is 12.1 Å². The molecule has 0 radical (unpaired) electrons. The van der Waals surface area contributed by atoms with Crippen LogP contribution in [0.5, 0.6) is 0 Å². The molecule has 6 nitrogen and oxygen atoms in total. The molecule has 3 rings (SSSR count). The van der Waals surface area contributed by atoms with E-state index in [1.807, 2.05) is 35.2 Å². The third kappa shape index (κ3) is 5.68. The number of benzene rings is 2. The Balaban J connectivity index is 1.81. The van der Waals surface area contributed by atoms with Gasteiger partial charge in [0.1, 0.15) is 0 Å². The number of carbonyl (C=O) groups excluding carboxylic acids is 1. The van der Waals surface area contributed by atoms with E-state index in [0.29, 0.717) is 25.3 Å². The van der Waals surface area contributed by atoms with Crippen LogP contribution < -0.4 is 0 Å². The van der Waals surface area contributed by atoms with E-state index in [-0.39, 0.29) is 22.6 Å². The Bertz CT molecular complexity index is 923. The fourth-order valence-corrected chi connectivity index (χ4v) is 4.49. The Morgan fingerprint density at radius 3 is 2.30 bits per heavy atom. The van der Waals surface area contributed by atoms with Gasteiger partial charge in [-0.05, 0) is 36.8 Å². The summed E-state index contributed by atoms with van der Waals surface area (Å²) in [5, 5.41) is 0. The maximum Gasteiger partial charge on any atom is 0.254 e. The monoisotopic (exact) mass is 430 g/mol. The van der Waals surface area contributed by atoms with E-state index >= 15 is 0 Å². The standard InChI is InChI=1S/C23H30N2O4S/c1-3-30(27,28)22-11-9-21(10-12-22)23(26)25(18-20-7-5-4-6-8-20)19(2)17-24-13-15-29-16-14-24/h4-12,19H,3,13-18H2,1-2H3. The van der Waals surface area contributed by atoms with Crippen molar-refractivity contribution in [2.75, 3.05) is 38.6 Å². The van der Waals surface area contributed by atoms with Crippen molar-refractivity contribution in [1.29, 1.82) is 0 Å². The third-order valence-electron chi connectivity index (χ3n) is 5.46. The van der Waals surface area contributed by atoms with Crippen LogP contribution in [0, 0.1) is 0 Å². The lowest BCUT2D eigenvalue weighted by Crippen LogP contribution is -2.48. The molecule has 1 heterocycles. The maximum atomic E-state index is 13.4. The third-order valence-corrected chi connectivity index (χ3v) is 7.21. The smallest absolute Gasteiger partial charge is 0.254 e. The summed E-state index contributed by atoms with van der Waals surface area (Å²) in [4.78, 5) is 17.8. The summed E-state index contributed by atoms with van der Waals surface area (Å²) in [6.07, 6.45) is 0. The SMILES string of the molecule is CCS(=O)(=O)c1ccc(C(=O)N(Cc2ccccc2)C(C)CN2CCOCC2)cc1. The molecule has 7 heteroatoms.